The quantitative estimate of drug-likeness (QED) is 0.218. The first-order chi connectivity index (χ1) is 10.5. The largest absolute Gasteiger partial charge is 4.00 e. The Bertz CT molecular complexity index is 586. The summed E-state index contributed by atoms with van der Waals surface area (Å²) in [6, 6.07) is 4.71. The van der Waals surface area contributed by atoms with Gasteiger partial charge in [0.25, 0.3) is 0 Å². The van der Waals surface area contributed by atoms with E-state index in [1.807, 2.05) is 0 Å². The molecule has 1 aliphatic carbocycles. The van der Waals surface area contributed by atoms with E-state index in [0.29, 0.717) is 0 Å². The van der Waals surface area contributed by atoms with Crippen LogP contribution in [0.1, 0.15) is 69.1 Å². The molecule has 0 spiro atoms. The van der Waals surface area contributed by atoms with E-state index in [2.05, 4.69) is 52.8 Å². The summed E-state index contributed by atoms with van der Waals surface area (Å²) in [5.41, 5.74) is 7.53. The predicted molar refractivity (Wildman–Crippen MR) is 102 cm³/mol. The van der Waals surface area contributed by atoms with Crippen molar-refractivity contribution >= 4 is 14.7 Å². The van der Waals surface area contributed by atoms with E-state index in [4.69, 9.17) is 0 Å². The Hall–Kier alpha value is 0.501. The van der Waals surface area contributed by atoms with Crippen LogP contribution in [0.15, 0.2) is 28.5 Å². The number of halogens is 3. The Balaban J connectivity index is -0.00000132. The van der Waals surface area contributed by atoms with Gasteiger partial charge in [0, 0.05) is 0 Å². The second-order valence-electron chi connectivity index (χ2n) is 6.85. The maximum Gasteiger partial charge on any atom is 4.00 e. The molecule has 0 heterocycles. The molecule has 0 nitrogen and oxygen atoms in total. The first-order valence-electron chi connectivity index (χ1n) is 8.94. The molecule has 1 aromatic carbocycles. The van der Waals surface area contributed by atoms with Crippen molar-refractivity contribution in [3.8, 4) is 0 Å². The molecule has 1 aliphatic rings. The molecule has 5 heteroatoms. The molecule has 0 N–H and O–H groups in total. The van der Waals surface area contributed by atoms with Crippen LogP contribution in [0.5, 0.6) is 0 Å². The van der Waals surface area contributed by atoms with E-state index in [1.165, 1.54) is 54.4 Å². The van der Waals surface area contributed by atoms with Crippen molar-refractivity contribution in [3.63, 3.8) is 0 Å². The van der Waals surface area contributed by atoms with Crippen LogP contribution < -0.4 is 42.4 Å². The van der Waals surface area contributed by atoms with Crippen LogP contribution in [0, 0.1) is 26.8 Å². The molecule has 0 saturated heterocycles. The van der Waals surface area contributed by atoms with Crippen molar-refractivity contribution < 1.29 is 58.9 Å². The molecular formula is C21H31Cl3SiTi. The number of rotatable bonds is 7. The van der Waals surface area contributed by atoms with E-state index in [0.717, 1.165) is 6.42 Å². The van der Waals surface area contributed by atoms with Crippen molar-refractivity contribution in [2.45, 2.75) is 73.1 Å². The molecule has 0 bridgehead atoms. The number of hydrogen-bond donors (Lipinski definition) is 0. The zero-order valence-corrected chi connectivity index (χ0v) is 22.0. The summed E-state index contributed by atoms with van der Waals surface area (Å²) >= 11 is 0. The van der Waals surface area contributed by atoms with Crippen LogP contribution in [0.25, 0.3) is 0 Å². The maximum atomic E-state index is 3.75. The van der Waals surface area contributed by atoms with Crippen molar-refractivity contribution in [3.05, 3.63) is 51.2 Å². The number of allylic oxidation sites excluding steroid dienone is 4. The van der Waals surface area contributed by atoms with E-state index >= 15 is 0 Å². The van der Waals surface area contributed by atoms with E-state index < -0.39 is 0 Å². The van der Waals surface area contributed by atoms with Crippen LogP contribution >= 0.6 is 0 Å². The van der Waals surface area contributed by atoms with Gasteiger partial charge in [0.1, 0.15) is 0 Å². The van der Waals surface area contributed by atoms with Gasteiger partial charge in [-0.3, -0.25) is 0 Å². The zero-order chi connectivity index (χ0) is 16.1. The Morgan fingerprint density at radius 3 is 2.04 bits per heavy atom. The number of aryl methyl sites for hydroxylation is 3. The minimum atomic E-state index is -0.331. The molecule has 0 aromatic heterocycles. The molecule has 0 aliphatic heterocycles. The topological polar surface area (TPSA) is 0 Å². The van der Waals surface area contributed by atoms with Crippen molar-refractivity contribution in [2.75, 3.05) is 0 Å². The summed E-state index contributed by atoms with van der Waals surface area (Å²) in [6.45, 7) is 11.4. The third-order valence-corrected chi connectivity index (χ3v) is 7.42. The molecule has 0 unspecified atom stereocenters. The monoisotopic (exact) mass is 464 g/mol. The number of hydrogen-bond acceptors (Lipinski definition) is 0. The molecule has 0 radical (unpaired) electrons. The van der Waals surface area contributed by atoms with Gasteiger partial charge in [-0.15, -0.1) is 0 Å². The number of benzene rings is 1. The van der Waals surface area contributed by atoms with Gasteiger partial charge in [0.2, 0.25) is 0 Å². The first kappa shape index (κ1) is 31.2. The summed E-state index contributed by atoms with van der Waals surface area (Å²) in [5, 5.41) is 3.42. The summed E-state index contributed by atoms with van der Waals surface area (Å²) in [4.78, 5) is 0. The van der Waals surface area contributed by atoms with Crippen molar-refractivity contribution in [2.24, 2.45) is 0 Å². The smallest absolute Gasteiger partial charge is 1.00 e. The minimum absolute atomic E-state index is 0. The van der Waals surface area contributed by atoms with Gasteiger partial charge in [-0.05, 0) is 30.3 Å². The Labute approximate surface area is 197 Å². The Kier molecular flexibility index (Phi) is 18.5. The molecule has 0 amide bonds. The second kappa shape index (κ2) is 15.4. The zero-order valence-electron chi connectivity index (χ0n) is 16.7. The first-order valence-corrected chi connectivity index (χ1v) is 10.4. The van der Waals surface area contributed by atoms with Crippen LogP contribution in [0.2, 0.25) is 0 Å². The van der Waals surface area contributed by atoms with Gasteiger partial charge in [0.15, 0.2) is 0 Å². The summed E-state index contributed by atoms with van der Waals surface area (Å²) in [5.74, 6) is 0. The third-order valence-electron chi connectivity index (χ3n) is 4.85. The Morgan fingerprint density at radius 1 is 0.962 bits per heavy atom. The summed E-state index contributed by atoms with van der Waals surface area (Å²) in [7, 11) is -0.331. The second-order valence-corrected chi connectivity index (χ2v) is 8.77. The standard InChI is InChI=1S/C21H31Si.3ClH.Ti/c1-6-8-9-10-18-13-19(7-2)20(14-18)22-21-16(4)11-15(3)12-17(21)5;;;;/h11-12H,6-10,14,22H2,1-5H3;3*1H;/q-1;;;;+4/p-3. The third kappa shape index (κ3) is 8.67. The summed E-state index contributed by atoms with van der Waals surface area (Å²) in [6.07, 6.45) is 11.4. The fourth-order valence-electron chi connectivity index (χ4n) is 3.66. The van der Waals surface area contributed by atoms with Crippen molar-refractivity contribution in [1.29, 1.82) is 0 Å². The minimum Gasteiger partial charge on any atom is -1.00 e. The van der Waals surface area contributed by atoms with Gasteiger partial charge in [-0.2, -0.15) is 5.57 Å². The fraction of sp³-hybridized carbons (Fsp3) is 0.524. The summed E-state index contributed by atoms with van der Waals surface area (Å²) < 4.78 is 0. The SMILES string of the molecule is CCCCCC1=[C-]C(CC)=C([SiH2]c2c(C)cc(C)cc2C)C1.[Cl-].[Cl-].[Cl-].[Ti+4]. The molecular weight excluding hydrogens is 435 g/mol. The average molecular weight is 466 g/mol. The van der Waals surface area contributed by atoms with Crippen molar-refractivity contribution in [1.82, 2.24) is 0 Å². The van der Waals surface area contributed by atoms with Gasteiger partial charge >= 0.3 is 21.7 Å². The van der Waals surface area contributed by atoms with E-state index in [-0.39, 0.29) is 68.5 Å². The predicted octanol–water partition coefficient (Wildman–Crippen LogP) is -4.21. The van der Waals surface area contributed by atoms with Gasteiger partial charge in [-0.25, -0.2) is 16.8 Å². The number of unbranched alkanes of at least 4 members (excludes halogenated alkanes) is 2. The fourth-order valence-corrected chi connectivity index (χ4v) is 5.83. The van der Waals surface area contributed by atoms with Gasteiger partial charge in [-0.1, -0.05) is 86.4 Å². The molecule has 0 fully saturated rings. The van der Waals surface area contributed by atoms with Crippen LogP contribution in [0.4, 0.5) is 0 Å². The molecule has 0 atom stereocenters. The van der Waals surface area contributed by atoms with Crippen LogP contribution in [-0.4, -0.2) is 9.52 Å². The van der Waals surface area contributed by atoms with Gasteiger partial charge < -0.3 is 37.2 Å². The molecule has 1 aromatic rings. The maximum absolute atomic E-state index is 3.75. The van der Waals surface area contributed by atoms with E-state index in [1.54, 1.807) is 16.0 Å². The molecule has 0 saturated carbocycles. The van der Waals surface area contributed by atoms with Gasteiger partial charge in [0.05, 0.1) is 0 Å². The molecule has 26 heavy (non-hydrogen) atoms. The van der Waals surface area contributed by atoms with Crippen LogP contribution in [0.3, 0.4) is 0 Å². The van der Waals surface area contributed by atoms with Crippen LogP contribution in [-0.2, 0) is 21.7 Å². The average Bonchev–Trinajstić information content (AvgIpc) is 2.85. The Morgan fingerprint density at radius 2 is 1.54 bits per heavy atom. The normalized spacial score (nSPS) is 12.9. The molecule has 2 rings (SSSR count). The van der Waals surface area contributed by atoms with E-state index in [9.17, 15) is 0 Å². The molecule has 144 valence electrons.